The SMILES string of the molecule is COc1ccc(Cn2nc(-c3ccccc3)nc2C2CCC(=O)N2)cc1. The van der Waals surface area contributed by atoms with Crippen molar-refractivity contribution in [1.29, 1.82) is 0 Å². The van der Waals surface area contributed by atoms with E-state index in [0.29, 0.717) is 18.8 Å². The van der Waals surface area contributed by atoms with Gasteiger partial charge in [0.15, 0.2) is 11.6 Å². The number of nitrogens with one attached hydrogen (secondary N) is 1. The Kier molecular flexibility index (Phi) is 4.39. The van der Waals surface area contributed by atoms with Crippen LogP contribution in [-0.4, -0.2) is 27.8 Å². The van der Waals surface area contributed by atoms with Crippen molar-refractivity contribution in [2.45, 2.75) is 25.4 Å². The van der Waals surface area contributed by atoms with E-state index in [9.17, 15) is 4.79 Å². The molecule has 1 atom stereocenters. The molecule has 0 radical (unpaired) electrons. The predicted octanol–water partition coefficient (Wildman–Crippen LogP) is 2.95. The number of hydrogen-bond acceptors (Lipinski definition) is 4. The third-order valence-electron chi connectivity index (χ3n) is 4.53. The first-order valence-corrected chi connectivity index (χ1v) is 8.65. The van der Waals surface area contributed by atoms with Gasteiger partial charge in [-0.3, -0.25) is 4.79 Å². The van der Waals surface area contributed by atoms with Gasteiger partial charge in [0.1, 0.15) is 5.75 Å². The highest BCUT2D eigenvalue weighted by molar-refractivity contribution is 5.78. The van der Waals surface area contributed by atoms with Crippen molar-refractivity contribution in [2.75, 3.05) is 7.11 Å². The number of aromatic nitrogens is 3. The van der Waals surface area contributed by atoms with E-state index in [1.807, 2.05) is 59.3 Å². The predicted molar refractivity (Wildman–Crippen MR) is 97.7 cm³/mol. The van der Waals surface area contributed by atoms with E-state index in [-0.39, 0.29) is 11.9 Å². The van der Waals surface area contributed by atoms with Crippen molar-refractivity contribution in [3.63, 3.8) is 0 Å². The van der Waals surface area contributed by atoms with Crippen molar-refractivity contribution in [2.24, 2.45) is 0 Å². The molecule has 0 saturated carbocycles. The van der Waals surface area contributed by atoms with Gasteiger partial charge in [-0.05, 0) is 24.1 Å². The van der Waals surface area contributed by atoms with E-state index >= 15 is 0 Å². The van der Waals surface area contributed by atoms with Crippen LogP contribution in [0.2, 0.25) is 0 Å². The van der Waals surface area contributed by atoms with Crippen molar-refractivity contribution in [3.8, 4) is 17.1 Å². The highest BCUT2D eigenvalue weighted by atomic mass is 16.5. The molecule has 132 valence electrons. The zero-order valence-electron chi connectivity index (χ0n) is 14.6. The summed E-state index contributed by atoms with van der Waals surface area (Å²) in [4.78, 5) is 16.4. The van der Waals surface area contributed by atoms with Crippen LogP contribution in [0.4, 0.5) is 0 Å². The summed E-state index contributed by atoms with van der Waals surface area (Å²) in [7, 11) is 1.65. The molecule has 1 saturated heterocycles. The monoisotopic (exact) mass is 348 g/mol. The maximum atomic E-state index is 11.7. The first kappa shape index (κ1) is 16.3. The van der Waals surface area contributed by atoms with E-state index in [1.54, 1.807) is 7.11 Å². The smallest absolute Gasteiger partial charge is 0.220 e. The molecule has 1 aliphatic heterocycles. The molecule has 1 aromatic heterocycles. The number of carbonyl (C=O) groups is 1. The van der Waals surface area contributed by atoms with Crippen LogP contribution in [0.1, 0.15) is 30.3 Å². The summed E-state index contributed by atoms with van der Waals surface area (Å²) in [5.74, 6) is 2.36. The van der Waals surface area contributed by atoms with Gasteiger partial charge >= 0.3 is 0 Å². The van der Waals surface area contributed by atoms with Gasteiger partial charge in [-0.2, -0.15) is 5.10 Å². The number of benzene rings is 2. The molecule has 26 heavy (non-hydrogen) atoms. The Morgan fingerprint density at radius 2 is 1.92 bits per heavy atom. The lowest BCUT2D eigenvalue weighted by molar-refractivity contribution is -0.119. The molecule has 0 bridgehead atoms. The fraction of sp³-hybridized carbons (Fsp3) is 0.250. The van der Waals surface area contributed by atoms with Crippen molar-refractivity contribution in [3.05, 3.63) is 66.0 Å². The molecule has 1 amide bonds. The maximum Gasteiger partial charge on any atom is 0.220 e. The second-order valence-corrected chi connectivity index (χ2v) is 6.32. The summed E-state index contributed by atoms with van der Waals surface area (Å²) in [6.07, 6.45) is 1.27. The normalized spacial score (nSPS) is 16.5. The lowest BCUT2D eigenvalue weighted by atomic mass is 10.2. The van der Waals surface area contributed by atoms with Crippen LogP contribution in [0.25, 0.3) is 11.4 Å². The maximum absolute atomic E-state index is 11.7. The van der Waals surface area contributed by atoms with Crippen LogP contribution in [-0.2, 0) is 11.3 Å². The summed E-state index contributed by atoms with van der Waals surface area (Å²) in [6.45, 7) is 0.589. The topological polar surface area (TPSA) is 69.0 Å². The van der Waals surface area contributed by atoms with Crippen LogP contribution in [0.5, 0.6) is 5.75 Å². The standard InChI is InChI=1S/C20H20N4O2/c1-26-16-9-7-14(8-10-16)13-24-20(17-11-12-18(25)21-17)22-19(23-24)15-5-3-2-4-6-15/h2-10,17H,11-13H2,1H3,(H,21,25). The van der Waals surface area contributed by atoms with Gasteiger partial charge < -0.3 is 10.1 Å². The first-order chi connectivity index (χ1) is 12.7. The highest BCUT2D eigenvalue weighted by Crippen LogP contribution is 2.26. The summed E-state index contributed by atoms with van der Waals surface area (Å²) < 4.78 is 7.11. The lowest BCUT2D eigenvalue weighted by Gasteiger charge is -2.11. The molecule has 4 rings (SSSR count). The summed E-state index contributed by atoms with van der Waals surface area (Å²) in [6, 6.07) is 17.7. The summed E-state index contributed by atoms with van der Waals surface area (Å²) in [5, 5.41) is 7.71. The third kappa shape index (κ3) is 3.31. The second-order valence-electron chi connectivity index (χ2n) is 6.32. The molecule has 0 spiro atoms. The number of hydrogen-bond donors (Lipinski definition) is 1. The van der Waals surface area contributed by atoms with E-state index in [0.717, 1.165) is 29.1 Å². The van der Waals surface area contributed by atoms with E-state index in [1.165, 1.54) is 0 Å². The van der Waals surface area contributed by atoms with E-state index in [4.69, 9.17) is 14.8 Å². The Morgan fingerprint density at radius 3 is 2.58 bits per heavy atom. The van der Waals surface area contributed by atoms with Gasteiger partial charge in [-0.1, -0.05) is 42.5 Å². The Bertz CT molecular complexity index is 903. The molecule has 1 unspecified atom stereocenters. The van der Waals surface area contributed by atoms with Crippen LogP contribution < -0.4 is 10.1 Å². The largest absolute Gasteiger partial charge is 0.497 e. The Labute approximate surface area is 151 Å². The Morgan fingerprint density at radius 1 is 1.15 bits per heavy atom. The second kappa shape index (κ2) is 7.00. The zero-order chi connectivity index (χ0) is 17.9. The number of carbonyl (C=O) groups excluding carboxylic acids is 1. The molecule has 1 aliphatic rings. The number of nitrogens with zero attached hydrogens (tertiary/aromatic N) is 3. The summed E-state index contributed by atoms with van der Waals surface area (Å²) >= 11 is 0. The number of amides is 1. The van der Waals surface area contributed by atoms with Crippen LogP contribution in [0.3, 0.4) is 0 Å². The molecule has 0 aliphatic carbocycles. The van der Waals surface area contributed by atoms with Gasteiger partial charge in [-0.15, -0.1) is 0 Å². The molecule has 1 N–H and O–H groups in total. The molecular weight excluding hydrogens is 328 g/mol. The quantitative estimate of drug-likeness (QED) is 0.770. The minimum absolute atomic E-state index is 0.0651. The van der Waals surface area contributed by atoms with E-state index in [2.05, 4.69) is 5.32 Å². The van der Waals surface area contributed by atoms with Gasteiger partial charge in [0.05, 0.1) is 19.7 Å². The van der Waals surface area contributed by atoms with Gasteiger partial charge in [0, 0.05) is 12.0 Å². The molecule has 1 fully saturated rings. The summed E-state index contributed by atoms with van der Waals surface area (Å²) in [5.41, 5.74) is 2.06. The number of rotatable bonds is 5. The van der Waals surface area contributed by atoms with Crippen molar-refractivity contribution >= 4 is 5.91 Å². The van der Waals surface area contributed by atoms with Crippen molar-refractivity contribution < 1.29 is 9.53 Å². The zero-order valence-corrected chi connectivity index (χ0v) is 14.6. The fourth-order valence-corrected chi connectivity index (χ4v) is 3.15. The first-order valence-electron chi connectivity index (χ1n) is 8.65. The average molecular weight is 348 g/mol. The van der Waals surface area contributed by atoms with Gasteiger partial charge in [-0.25, -0.2) is 9.67 Å². The van der Waals surface area contributed by atoms with Crippen LogP contribution >= 0.6 is 0 Å². The van der Waals surface area contributed by atoms with E-state index < -0.39 is 0 Å². The molecule has 2 heterocycles. The van der Waals surface area contributed by atoms with Gasteiger partial charge in [0.25, 0.3) is 0 Å². The highest BCUT2D eigenvalue weighted by Gasteiger charge is 2.28. The van der Waals surface area contributed by atoms with Gasteiger partial charge in [0.2, 0.25) is 5.91 Å². The molecule has 3 aromatic rings. The Balaban J connectivity index is 1.68. The Hall–Kier alpha value is -3.15. The molecule has 6 heteroatoms. The number of methoxy groups -OCH3 is 1. The average Bonchev–Trinajstić information content (AvgIpc) is 3.29. The van der Waals surface area contributed by atoms with Crippen LogP contribution in [0.15, 0.2) is 54.6 Å². The lowest BCUT2D eigenvalue weighted by Crippen LogP contribution is -2.22. The number of ether oxygens (including phenoxy) is 1. The third-order valence-corrected chi connectivity index (χ3v) is 4.53. The van der Waals surface area contributed by atoms with Crippen molar-refractivity contribution in [1.82, 2.24) is 20.1 Å². The molecule has 2 aromatic carbocycles. The minimum atomic E-state index is -0.0919. The fourth-order valence-electron chi connectivity index (χ4n) is 3.15. The minimum Gasteiger partial charge on any atom is -0.497 e. The molecule has 6 nitrogen and oxygen atoms in total. The van der Waals surface area contributed by atoms with Crippen LogP contribution in [0, 0.1) is 0 Å². The molecular formula is C20H20N4O2.